The molecule has 1 unspecified atom stereocenters. The average Bonchev–Trinajstić information content (AvgIpc) is 3.51. The number of piperidine rings is 1. The molecule has 140 valence electrons. The van der Waals surface area contributed by atoms with Crippen molar-refractivity contribution in [3.63, 3.8) is 0 Å². The first-order chi connectivity index (χ1) is 13.1. The van der Waals surface area contributed by atoms with E-state index >= 15 is 0 Å². The molecule has 7 heteroatoms. The van der Waals surface area contributed by atoms with Gasteiger partial charge >= 0.3 is 0 Å². The second-order valence-electron chi connectivity index (χ2n) is 7.81. The highest BCUT2D eigenvalue weighted by Crippen LogP contribution is 2.32. The van der Waals surface area contributed by atoms with Gasteiger partial charge in [0.15, 0.2) is 0 Å². The Morgan fingerprint density at radius 3 is 2.74 bits per heavy atom. The zero-order valence-electron chi connectivity index (χ0n) is 15.4. The molecule has 3 N–H and O–H groups in total. The van der Waals surface area contributed by atoms with Crippen LogP contribution in [0, 0.1) is 23.2 Å². The molecular weight excluding hydrogens is 340 g/mol. The third kappa shape index (κ3) is 3.58. The van der Waals surface area contributed by atoms with Gasteiger partial charge in [0, 0.05) is 31.5 Å². The molecule has 2 aliphatic rings. The van der Waals surface area contributed by atoms with E-state index in [0.29, 0.717) is 29.5 Å². The summed E-state index contributed by atoms with van der Waals surface area (Å²) in [4.78, 5) is 23.5. The van der Waals surface area contributed by atoms with Crippen molar-refractivity contribution in [3.05, 3.63) is 30.1 Å². The molecule has 3 atom stereocenters. The van der Waals surface area contributed by atoms with Crippen LogP contribution in [0.5, 0.6) is 0 Å². The Labute approximate surface area is 158 Å². The molecule has 2 aromatic rings. The molecular formula is C20H24N6O. The number of hydrogen-bond donors (Lipinski definition) is 2. The van der Waals surface area contributed by atoms with E-state index < -0.39 is 6.04 Å². The highest BCUT2D eigenvalue weighted by Gasteiger charge is 2.35. The van der Waals surface area contributed by atoms with E-state index in [1.165, 1.54) is 0 Å². The maximum Gasteiger partial charge on any atom is 0.237 e. The summed E-state index contributed by atoms with van der Waals surface area (Å²) in [5.41, 5.74) is 8.87. The Morgan fingerprint density at radius 2 is 2.04 bits per heavy atom. The van der Waals surface area contributed by atoms with Crippen molar-refractivity contribution in [1.82, 2.24) is 15.3 Å². The number of nitrogens with zero attached hydrogens (tertiary/aromatic N) is 4. The van der Waals surface area contributed by atoms with Crippen LogP contribution < -0.4 is 16.0 Å². The monoisotopic (exact) mass is 364 g/mol. The van der Waals surface area contributed by atoms with Crippen molar-refractivity contribution in [2.75, 3.05) is 18.0 Å². The largest absolute Gasteiger partial charge is 0.367 e. The number of benzene rings is 1. The van der Waals surface area contributed by atoms with Gasteiger partial charge in [-0.05, 0) is 43.2 Å². The second-order valence-corrected chi connectivity index (χ2v) is 7.81. The van der Waals surface area contributed by atoms with E-state index in [0.717, 1.165) is 37.0 Å². The molecule has 0 radical (unpaired) electrons. The average molecular weight is 364 g/mol. The summed E-state index contributed by atoms with van der Waals surface area (Å²) in [6.07, 6.45) is 6.29. The molecule has 1 saturated heterocycles. The molecule has 1 aliphatic carbocycles. The van der Waals surface area contributed by atoms with E-state index in [9.17, 15) is 10.1 Å². The predicted molar refractivity (Wildman–Crippen MR) is 103 cm³/mol. The van der Waals surface area contributed by atoms with Crippen molar-refractivity contribution in [1.29, 1.82) is 5.26 Å². The van der Waals surface area contributed by atoms with Crippen molar-refractivity contribution >= 4 is 22.6 Å². The first kappa shape index (κ1) is 17.7. The fraction of sp³-hybridized carbons (Fsp3) is 0.500. The lowest BCUT2D eigenvalue weighted by molar-refractivity contribution is -0.123. The van der Waals surface area contributed by atoms with E-state index in [4.69, 9.17) is 5.73 Å². The van der Waals surface area contributed by atoms with Gasteiger partial charge in [0.2, 0.25) is 5.91 Å². The maximum absolute atomic E-state index is 12.4. The van der Waals surface area contributed by atoms with E-state index in [-0.39, 0.29) is 11.9 Å². The fourth-order valence-electron chi connectivity index (χ4n) is 4.01. The summed E-state index contributed by atoms with van der Waals surface area (Å²) >= 11 is 0. The Hall–Kier alpha value is -2.72. The number of anilines is 1. The van der Waals surface area contributed by atoms with Gasteiger partial charge in [-0.25, -0.2) is 0 Å². The quantitative estimate of drug-likeness (QED) is 0.852. The van der Waals surface area contributed by atoms with E-state index in [1.807, 2.05) is 6.07 Å². The zero-order chi connectivity index (χ0) is 19.0. The topological polar surface area (TPSA) is 108 Å². The first-order valence-corrected chi connectivity index (χ1v) is 9.51. The minimum Gasteiger partial charge on any atom is -0.367 e. The molecule has 2 fully saturated rings. The molecule has 1 amide bonds. The number of carbonyl (C=O) groups excluding carboxylic acids is 1. The lowest BCUT2D eigenvalue weighted by Gasteiger charge is -2.38. The summed E-state index contributed by atoms with van der Waals surface area (Å²) in [7, 11) is 0. The molecule has 2 heterocycles. The van der Waals surface area contributed by atoms with Gasteiger partial charge in [-0.3, -0.25) is 14.8 Å². The lowest BCUT2D eigenvalue weighted by atomic mass is 9.94. The number of nitrogens with one attached hydrogen (secondary N) is 1. The highest BCUT2D eigenvalue weighted by molar-refractivity contribution is 5.92. The van der Waals surface area contributed by atoms with E-state index in [1.54, 1.807) is 18.5 Å². The van der Waals surface area contributed by atoms with Crippen LogP contribution >= 0.6 is 0 Å². The minimum atomic E-state index is -0.391. The van der Waals surface area contributed by atoms with Crippen molar-refractivity contribution in [3.8, 4) is 6.07 Å². The number of rotatable bonds is 4. The highest BCUT2D eigenvalue weighted by atomic mass is 16.2. The summed E-state index contributed by atoms with van der Waals surface area (Å²) in [6, 6.07) is 5.57. The molecule has 1 aromatic carbocycles. The Bertz CT molecular complexity index is 903. The number of aromatic nitrogens is 2. The molecule has 1 aromatic heterocycles. The number of amides is 1. The van der Waals surface area contributed by atoms with Crippen molar-refractivity contribution in [2.45, 2.75) is 38.3 Å². The van der Waals surface area contributed by atoms with Crippen LogP contribution in [-0.2, 0) is 4.79 Å². The molecule has 4 rings (SSSR count). The normalized spacial score (nSPS) is 23.7. The maximum atomic E-state index is 12.4. The van der Waals surface area contributed by atoms with Crippen LogP contribution in [-0.4, -0.2) is 41.0 Å². The molecule has 7 nitrogen and oxygen atoms in total. The summed E-state index contributed by atoms with van der Waals surface area (Å²) in [6.45, 7) is 3.76. The smallest absolute Gasteiger partial charge is 0.237 e. The van der Waals surface area contributed by atoms with Gasteiger partial charge in [0.1, 0.15) is 17.1 Å². The summed E-state index contributed by atoms with van der Waals surface area (Å²) in [5, 5.41) is 12.5. The van der Waals surface area contributed by atoms with Gasteiger partial charge < -0.3 is 16.0 Å². The number of fused-ring (bicyclic) bond motifs is 1. The second kappa shape index (κ2) is 7.12. The van der Waals surface area contributed by atoms with Gasteiger partial charge in [0.05, 0.1) is 17.3 Å². The lowest BCUT2D eigenvalue weighted by Crippen LogP contribution is -2.54. The van der Waals surface area contributed by atoms with Crippen LogP contribution in [0.4, 0.5) is 5.69 Å². The number of carbonyl (C=O) groups is 1. The SMILES string of the molecule is C[C@H]1C[C@@H](NC(=O)C(N)C2CC2)CN(c2ccc(C#N)c3nccnc23)C1. The fourth-order valence-corrected chi connectivity index (χ4v) is 4.01. The van der Waals surface area contributed by atoms with Gasteiger partial charge in [0.25, 0.3) is 0 Å². The number of hydrogen-bond acceptors (Lipinski definition) is 6. The summed E-state index contributed by atoms with van der Waals surface area (Å²) in [5.74, 6) is 0.726. The van der Waals surface area contributed by atoms with Gasteiger partial charge in [-0.1, -0.05) is 6.92 Å². The molecule has 0 bridgehead atoms. The van der Waals surface area contributed by atoms with Crippen LogP contribution in [0.2, 0.25) is 0 Å². The van der Waals surface area contributed by atoms with Crippen LogP contribution in [0.15, 0.2) is 24.5 Å². The van der Waals surface area contributed by atoms with Crippen molar-refractivity contribution in [2.24, 2.45) is 17.6 Å². The number of nitriles is 1. The third-order valence-electron chi connectivity index (χ3n) is 5.50. The minimum absolute atomic E-state index is 0.0407. The molecule has 0 spiro atoms. The molecule has 1 saturated carbocycles. The number of nitrogens with two attached hydrogens (primary N) is 1. The van der Waals surface area contributed by atoms with Crippen LogP contribution in [0.25, 0.3) is 11.0 Å². The van der Waals surface area contributed by atoms with Gasteiger partial charge in [-0.2, -0.15) is 5.26 Å². The Balaban J connectivity index is 1.57. The van der Waals surface area contributed by atoms with Crippen molar-refractivity contribution < 1.29 is 4.79 Å². The predicted octanol–water partition coefficient (Wildman–Crippen LogP) is 1.57. The Kier molecular flexibility index (Phi) is 4.66. The molecule has 1 aliphatic heterocycles. The van der Waals surface area contributed by atoms with Gasteiger partial charge in [-0.15, -0.1) is 0 Å². The standard InChI is InChI=1S/C20H24N6O/c1-12-8-15(25-20(27)17(22)13-2-3-13)11-26(10-12)16-5-4-14(9-21)18-19(16)24-7-6-23-18/h4-7,12-13,15,17H,2-3,8,10-11,22H2,1H3,(H,25,27)/t12-,15+,17?/m0/s1. The van der Waals surface area contributed by atoms with E-state index in [2.05, 4.69) is 33.2 Å². The Morgan fingerprint density at radius 1 is 1.30 bits per heavy atom. The third-order valence-corrected chi connectivity index (χ3v) is 5.50. The van der Waals surface area contributed by atoms with Crippen LogP contribution in [0.3, 0.4) is 0 Å². The van der Waals surface area contributed by atoms with Crippen LogP contribution in [0.1, 0.15) is 31.7 Å². The first-order valence-electron chi connectivity index (χ1n) is 9.51. The summed E-state index contributed by atoms with van der Waals surface area (Å²) < 4.78 is 0. The molecule has 27 heavy (non-hydrogen) atoms. The zero-order valence-corrected chi connectivity index (χ0v) is 15.4.